The van der Waals surface area contributed by atoms with Crippen molar-refractivity contribution in [2.75, 3.05) is 0 Å². The van der Waals surface area contributed by atoms with E-state index in [1.165, 1.54) is 0 Å². The Hall–Kier alpha value is -1.76. The molecule has 0 aromatic rings. The molecule has 0 fully saturated rings. The molecule has 0 bridgehead atoms. The summed E-state index contributed by atoms with van der Waals surface area (Å²) in [7, 11) is 0. The van der Waals surface area contributed by atoms with Gasteiger partial charge in [0, 0.05) is 11.8 Å². The maximum atomic E-state index is 12.1. The van der Waals surface area contributed by atoms with Crippen molar-refractivity contribution in [3.63, 3.8) is 0 Å². The van der Waals surface area contributed by atoms with Crippen LogP contribution >= 0.6 is 0 Å². The van der Waals surface area contributed by atoms with Gasteiger partial charge in [0.05, 0.1) is 5.54 Å². The van der Waals surface area contributed by atoms with Crippen LogP contribution in [0, 0.1) is 0 Å². The van der Waals surface area contributed by atoms with Crippen molar-refractivity contribution in [2.24, 2.45) is 0 Å². The summed E-state index contributed by atoms with van der Waals surface area (Å²) < 4.78 is 39.9. The largest absolute Gasteiger partial charge is 0.573 e. The molecule has 0 saturated carbocycles. The van der Waals surface area contributed by atoms with Crippen LogP contribution in [0.15, 0.2) is 35.8 Å². The van der Waals surface area contributed by atoms with Crippen LogP contribution in [0.5, 0.6) is 0 Å². The van der Waals surface area contributed by atoms with Gasteiger partial charge in [0.25, 0.3) is 0 Å². The molecule has 0 atom stereocenters. The van der Waals surface area contributed by atoms with E-state index in [9.17, 15) is 23.2 Å². The Balaban J connectivity index is 2.97. The molecule has 1 aliphatic carbocycles. The van der Waals surface area contributed by atoms with E-state index < -0.39 is 23.4 Å². The second-order valence-corrected chi connectivity index (χ2v) is 4.89. The van der Waals surface area contributed by atoms with Crippen molar-refractivity contribution in [1.29, 1.82) is 0 Å². The van der Waals surface area contributed by atoms with Gasteiger partial charge in [0.2, 0.25) is 0 Å². The normalized spacial score (nSPS) is 18.6. The number of hydrogen-bond acceptors (Lipinski definition) is 4. The Morgan fingerprint density at radius 3 is 2.32 bits per heavy atom. The summed E-state index contributed by atoms with van der Waals surface area (Å²) in [4.78, 5) is 11.5. The molecular weight excluding hydrogens is 263 g/mol. The molecule has 0 aromatic carbocycles. The zero-order chi connectivity index (χ0) is 14.8. The number of halogens is 3. The summed E-state index contributed by atoms with van der Waals surface area (Å²) in [6.07, 6.45) is -0.976. The molecule has 1 N–H and O–H groups in total. The van der Waals surface area contributed by atoms with Crippen LogP contribution in [0.2, 0.25) is 0 Å². The van der Waals surface area contributed by atoms with E-state index in [0.29, 0.717) is 0 Å². The standard InChI is InChI=1S/C12H14F3NO3/c1-11(2,3)16(18)7-8-6-9(4-5-10(8)17)19-12(13,14)15/h4-7,18H,1-3H3. The lowest BCUT2D eigenvalue weighted by Gasteiger charge is -2.28. The number of rotatable bonds is 2. The van der Waals surface area contributed by atoms with Gasteiger partial charge in [-0.2, -0.15) is 0 Å². The minimum atomic E-state index is -4.83. The molecule has 1 aliphatic rings. The van der Waals surface area contributed by atoms with Gasteiger partial charge in [-0.15, -0.1) is 13.2 Å². The number of carbonyl (C=O) groups is 1. The fourth-order valence-electron chi connectivity index (χ4n) is 1.15. The summed E-state index contributed by atoms with van der Waals surface area (Å²) >= 11 is 0. The second-order valence-electron chi connectivity index (χ2n) is 4.89. The predicted octanol–water partition coefficient (Wildman–Crippen LogP) is 2.92. The number of ether oxygens (including phenoxy) is 1. The molecule has 106 valence electrons. The fourth-order valence-corrected chi connectivity index (χ4v) is 1.15. The highest BCUT2D eigenvalue weighted by Gasteiger charge is 2.32. The van der Waals surface area contributed by atoms with Gasteiger partial charge in [-0.3, -0.25) is 15.1 Å². The van der Waals surface area contributed by atoms with Crippen LogP contribution in [-0.2, 0) is 9.53 Å². The lowest BCUT2D eigenvalue weighted by molar-refractivity contribution is -0.303. The van der Waals surface area contributed by atoms with E-state index >= 15 is 0 Å². The Bertz CT molecular complexity index is 456. The SMILES string of the molecule is CC(C)(C)N(O)C=C1C=C(OC(F)(F)F)C=CC1=O. The number of carbonyl (C=O) groups excluding carboxylic acids is 1. The molecule has 1 rings (SSSR count). The van der Waals surface area contributed by atoms with Crippen LogP contribution in [-0.4, -0.2) is 28.0 Å². The van der Waals surface area contributed by atoms with Crippen molar-refractivity contribution in [1.82, 2.24) is 5.06 Å². The summed E-state index contributed by atoms with van der Waals surface area (Å²) in [5, 5.41) is 10.4. The number of ketones is 1. The number of allylic oxidation sites excluding steroid dienone is 4. The molecule has 4 nitrogen and oxygen atoms in total. The molecule has 0 aliphatic heterocycles. The first-order valence-electron chi connectivity index (χ1n) is 5.39. The number of hydrogen-bond donors (Lipinski definition) is 1. The Morgan fingerprint density at radius 1 is 1.26 bits per heavy atom. The minimum absolute atomic E-state index is 0.0980. The van der Waals surface area contributed by atoms with Crippen molar-refractivity contribution in [3.8, 4) is 0 Å². The molecule has 0 unspecified atom stereocenters. The number of alkyl halides is 3. The monoisotopic (exact) mass is 277 g/mol. The minimum Gasteiger partial charge on any atom is -0.406 e. The fraction of sp³-hybridized carbons (Fsp3) is 0.417. The molecule has 0 radical (unpaired) electrons. The molecule has 7 heteroatoms. The average Bonchev–Trinajstić information content (AvgIpc) is 2.19. The van der Waals surface area contributed by atoms with Crippen molar-refractivity contribution in [2.45, 2.75) is 32.7 Å². The second kappa shape index (κ2) is 5.08. The number of nitrogens with zero attached hydrogens (tertiary/aromatic N) is 1. The zero-order valence-electron chi connectivity index (χ0n) is 10.7. The Labute approximate surface area is 108 Å². The highest BCUT2D eigenvalue weighted by Crippen LogP contribution is 2.25. The quantitative estimate of drug-likeness (QED) is 0.623. The van der Waals surface area contributed by atoms with Gasteiger partial charge >= 0.3 is 6.36 Å². The summed E-state index contributed by atoms with van der Waals surface area (Å²) in [5.41, 5.74) is -0.785. The van der Waals surface area contributed by atoms with Crippen LogP contribution < -0.4 is 0 Å². The molecule has 0 amide bonds. The van der Waals surface area contributed by atoms with E-state index in [1.807, 2.05) is 0 Å². The van der Waals surface area contributed by atoms with Crippen molar-refractivity contribution < 1.29 is 27.9 Å². The molecule has 19 heavy (non-hydrogen) atoms. The van der Waals surface area contributed by atoms with Gasteiger partial charge < -0.3 is 4.74 Å². The maximum Gasteiger partial charge on any atom is 0.573 e. The lowest BCUT2D eigenvalue weighted by atomic mass is 10.0. The van der Waals surface area contributed by atoms with Crippen LogP contribution in [0.4, 0.5) is 13.2 Å². The highest BCUT2D eigenvalue weighted by molar-refractivity contribution is 6.07. The third kappa shape index (κ3) is 4.78. The summed E-state index contributed by atoms with van der Waals surface area (Å²) in [5.74, 6) is -1.03. The van der Waals surface area contributed by atoms with Crippen LogP contribution in [0.1, 0.15) is 20.8 Å². The first kappa shape index (κ1) is 15.3. The van der Waals surface area contributed by atoms with E-state index in [4.69, 9.17) is 0 Å². The molecular formula is C12H14F3NO3. The van der Waals surface area contributed by atoms with Crippen LogP contribution in [0.25, 0.3) is 0 Å². The smallest absolute Gasteiger partial charge is 0.406 e. The van der Waals surface area contributed by atoms with E-state index in [1.54, 1.807) is 20.8 Å². The van der Waals surface area contributed by atoms with E-state index in [-0.39, 0.29) is 5.57 Å². The van der Waals surface area contributed by atoms with E-state index in [0.717, 1.165) is 29.5 Å². The summed E-state index contributed by atoms with van der Waals surface area (Å²) in [6, 6.07) is 0. The third-order valence-corrected chi connectivity index (χ3v) is 2.16. The number of hydroxylamine groups is 2. The van der Waals surface area contributed by atoms with Gasteiger partial charge in [0.1, 0.15) is 5.76 Å². The van der Waals surface area contributed by atoms with Gasteiger partial charge in [0.15, 0.2) is 5.78 Å². The zero-order valence-corrected chi connectivity index (χ0v) is 10.7. The van der Waals surface area contributed by atoms with Gasteiger partial charge in [-0.25, -0.2) is 0 Å². The van der Waals surface area contributed by atoms with Crippen molar-refractivity contribution in [3.05, 3.63) is 35.8 Å². The molecule has 0 saturated heterocycles. The average molecular weight is 277 g/mol. The van der Waals surface area contributed by atoms with Gasteiger partial charge in [-0.05, 0) is 39.0 Å². The van der Waals surface area contributed by atoms with Gasteiger partial charge in [-0.1, -0.05) is 0 Å². The van der Waals surface area contributed by atoms with E-state index in [2.05, 4.69) is 4.74 Å². The Morgan fingerprint density at radius 2 is 1.84 bits per heavy atom. The first-order valence-corrected chi connectivity index (χ1v) is 5.39. The highest BCUT2D eigenvalue weighted by atomic mass is 19.4. The maximum absolute atomic E-state index is 12.1. The predicted molar refractivity (Wildman–Crippen MR) is 60.8 cm³/mol. The van der Waals surface area contributed by atoms with Crippen molar-refractivity contribution >= 4 is 5.78 Å². The topological polar surface area (TPSA) is 49.8 Å². The first-order chi connectivity index (χ1) is 8.49. The molecule has 0 aromatic heterocycles. The molecule has 0 spiro atoms. The van der Waals surface area contributed by atoms with Crippen LogP contribution in [0.3, 0.4) is 0 Å². The Kier molecular flexibility index (Phi) is 4.09. The lowest BCUT2D eigenvalue weighted by Crippen LogP contribution is -2.35. The summed E-state index contributed by atoms with van der Waals surface area (Å²) in [6.45, 7) is 5.01. The molecule has 0 heterocycles. The third-order valence-electron chi connectivity index (χ3n) is 2.16.